The minimum atomic E-state index is -0.763. The lowest BCUT2D eigenvalue weighted by molar-refractivity contribution is -0.167. The molecule has 1 atom stereocenters. The predicted molar refractivity (Wildman–Crippen MR) is 354 cm³/mol. The van der Waals surface area contributed by atoms with Gasteiger partial charge in [-0.2, -0.15) is 0 Å². The van der Waals surface area contributed by atoms with Crippen molar-refractivity contribution in [1.29, 1.82) is 0 Å². The number of hydrogen-bond donors (Lipinski definition) is 0. The summed E-state index contributed by atoms with van der Waals surface area (Å²) in [4.78, 5) is 38.4. The van der Waals surface area contributed by atoms with Gasteiger partial charge in [-0.05, 0) is 19.3 Å². The zero-order valence-corrected chi connectivity index (χ0v) is 55.6. The molecule has 6 nitrogen and oxygen atoms in total. The molecule has 0 aromatic carbocycles. The Bertz CT molecular complexity index is 1220. The van der Waals surface area contributed by atoms with Crippen LogP contribution in [0.2, 0.25) is 0 Å². The minimum absolute atomic E-state index is 0.0602. The highest BCUT2D eigenvalue weighted by molar-refractivity contribution is 5.71. The van der Waals surface area contributed by atoms with Gasteiger partial charge < -0.3 is 14.2 Å². The first kappa shape index (κ1) is 79.4. The Labute approximate surface area is 508 Å². The van der Waals surface area contributed by atoms with Gasteiger partial charge in [0.05, 0.1) is 0 Å². The lowest BCUT2D eigenvalue weighted by atomic mass is 10.0. The largest absolute Gasteiger partial charge is 0.462 e. The van der Waals surface area contributed by atoms with E-state index in [4.69, 9.17) is 14.2 Å². The van der Waals surface area contributed by atoms with Gasteiger partial charge in [0.1, 0.15) is 13.2 Å². The third kappa shape index (κ3) is 69.1. The number of ether oxygens (including phenoxy) is 3. The maximum absolute atomic E-state index is 12.9. The first-order chi connectivity index (χ1) is 40.0. The molecule has 6 heteroatoms. The molecule has 0 aromatic rings. The van der Waals surface area contributed by atoms with E-state index in [-0.39, 0.29) is 31.1 Å². The van der Waals surface area contributed by atoms with Crippen LogP contribution in [0, 0.1) is 0 Å². The Morgan fingerprint density at radius 3 is 0.494 bits per heavy atom. The van der Waals surface area contributed by atoms with Crippen molar-refractivity contribution in [1.82, 2.24) is 0 Å². The number of rotatable bonds is 71. The van der Waals surface area contributed by atoms with E-state index in [9.17, 15) is 14.4 Å². The summed E-state index contributed by atoms with van der Waals surface area (Å²) in [5, 5.41) is 0. The van der Waals surface area contributed by atoms with Crippen LogP contribution in [0.4, 0.5) is 0 Å². The monoisotopic (exact) mass is 1140 g/mol. The molecule has 0 amide bonds. The van der Waals surface area contributed by atoms with E-state index >= 15 is 0 Å². The number of carbonyl (C=O) groups is 3. The first-order valence-corrected chi connectivity index (χ1v) is 37.5. The topological polar surface area (TPSA) is 78.9 Å². The number of hydrogen-bond acceptors (Lipinski definition) is 6. The molecule has 0 rings (SSSR count). The standard InChI is InChI=1S/C75H146O6/c1-4-7-10-13-16-19-22-25-27-29-31-32-33-34-35-36-37-38-39-40-41-42-43-44-46-47-50-53-56-59-62-65-68-74(77)80-71-72(70-79-73(76)67-64-61-58-55-52-49-24-21-18-15-12-9-6-3)81-75(78)69-66-63-60-57-54-51-48-45-30-28-26-23-20-17-14-11-8-5-2/h72H,4-71H2,1-3H3. The summed E-state index contributed by atoms with van der Waals surface area (Å²) in [6.07, 6.45) is 84.5. The van der Waals surface area contributed by atoms with E-state index in [1.165, 1.54) is 347 Å². The highest BCUT2D eigenvalue weighted by Gasteiger charge is 2.20. The lowest BCUT2D eigenvalue weighted by Gasteiger charge is -2.18. The SMILES string of the molecule is CCCCCCCCCCCCCCCCCCCCCCCCCCCCCCCCCCC(=O)OCC(COC(=O)CCCCCCCCCCCCCCC)OC(=O)CCCCCCCCCCCCCCCCCCCC. The van der Waals surface area contributed by atoms with Gasteiger partial charge in [0.2, 0.25) is 0 Å². The molecule has 0 N–H and O–H groups in total. The van der Waals surface area contributed by atoms with Gasteiger partial charge in [-0.1, -0.05) is 406 Å². The van der Waals surface area contributed by atoms with Crippen LogP contribution in [0.25, 0.3) is 0 Å². The third-order valence-electron chi connectivity index (χ3n) is 17.6. The summed E-state index contributed by atoms with van der Waals surface area (Å²) >= 11 is 0. The second-order valence-corrected chi connectivity index (χ2v) is 25.9. The number of esters is 3. The Hall–Kier alpha value is -1.59. The molecule has 0 bridgehead atoms. The molecule has 0 aliphatic rings. The fraction of sp³-hybridized carbons (Fsp3) is 0.960. The molecule has 0 aliphatic carbocycles. The number of unbranched alkanes of at least 4 members (excludes halogenated alkanes) is 60. The molecule has 81 heavy (non-hydrogen) atoms. The molecule has 1 unspecified atom stereocenters. The van der Waals surface area contributed by atoms with Crippen molar-refractivity contribution in [2.24, 2.45) is 0 Å². The molecule has 0 spiro atoms. The van der Waals surface area contributed by atoms with E-state index in [0.29, 0.717) is 19.3 Å². The highest BCUT2D eigenvalue weighted by atomic mass is 16.6. The Kier molecular flexibility index (Phi) is 69.5. The van der Waals surface area contributed by atoms with Gasteiger partial charge in [-0.25, -0.2) is 0 Å². The first-order valence-electron chi connectivity index (χ1n) is 37.5. The van der Waals surface area contributed by atoms with Crippen molar-refractivity contribution < 1.29 is 28.6 Å². The molecule has 0 aromatic heterocycles. The molecular weight excluding hydrogens is 997 g/mol. The smallest absolute Gasteiger partial charge is 0.306 e. The molecule has 0 fully saturated rings. The van der Waals surface area contributed by atoms with Crippen molar-refractivity contribution in [3.8, 4) is 0 Å². The Balaban J connectivity index is 4.08. The van der Waals surface area contributed by atoms with E-state index in [0.717, 1.165) is 57.8 Å². The number of carbonyl (C=O) groups excluding carboxylic acids is 3. The zero-order valence-electron chi connectivity index (χ0n) is 55.6. The normalized spacial score (nSPS) is 11.9. The van der Waals surface area contributed by atoms with Crippen molar-refractivity contribution in [2.45, 2.75) is 451 Å². The molecular formula is C75H146O6. The fourth-order valence-electron chi connectivity index (χ4n) is 12.0. The summed E-state index contributed by atoms with van der Waals surface area (Å²) in [5.41, 5.74) is 0. The second kappa shape index (κ2) is 70.9. The molecule has 0 saturated heterocycles. The average Bonchev–Trinajstić information content (AvgIpc) is 3.46. The quantitative estimate of drug-likeness (QED) is 0.0343. The van der Waals surface area contributed by atoms with Gasteiger partial charge in [0.25, 0.3) is 0 Å². The fourth-order valence-corrected chi connectivity index (χ4v) is 12.0. The van der Waals surface area contributed by atoms with Gasteiger partial charge >= 0.3 is 17.9 Å². The van der Waals surface area contributed by atoms with Crippen molar-refractivity contribution in [3.05, 3.63) is 0 Å². The maximum atomic E-state index is 12.9. The molecule has 482 valence electrons. The van der Waals surface area contributed by atoms with Crippen molar-refractivity contribution in [2.75, 3.05) is 13.2 Å². The van der Waals surface area contributed by atoms with Crippen LogP contribution in [-0.2, 0) is 28.6 Å². The van der Waals surface area contributed by atoms with Crippen molar-refractivity contribution in [3.63, 3.8) is 0 Å². The van der Waals surface area contributed by atoms with Crippen molar-refractivity contribution >= 4 is 17.9 Å². The van der Waals surface area contributed by atoms with Crippen LogP contribution in [0.5, 0.6) is 0 Å². The van der Waals surface area contributed by atoms with Crippen LogP contribution in [0.15, 0.2) is 0 Å². The highest BCUT2D eigenvalue weighted by Crippen LogP contribution is 2.20. The summed E-state index contributed by atoms with van der Waals surface area (Å²) in [6, 6.07) is 0. The Morgan fingerprint density at radius 2 is 0.333 bits per heavy atom. The van der Waals surface area contributed by atoms with E-state index in [2.05, 4.69) is 20.8 Å². The van der Waals surface area contributed by atoms with E-state index in [1.807, 2.05) is 0 Å². The molecule has 0 radical (unpaired) electrons. The van der Waals surface area contributed by atoms with E-state index in [1.54, 1.807) is 0 Å². The van der Waals surface area contributed by atoms with Gasteiger partial charge in [0, 0.05) is 19.3 Å². The summed E-state index contributed by atoms with van der Waals surface area (Å²) in [7, 11) is 0. The van der Waals surface area contributed by atoms with E-state index < -0.39 is 6.10 Å². The zero-order chi connectivity index (χ0) is 58.5. The minimum Gasteiger partial charge on any atom is -0.462 e. The van der Waals surface area contributed by atoms with Gasteiger partial charge in [-0.15, -0.1) is 0 Å². The van der Waals surface area contributed by atoms with Gasteiger partial charge in [-0.3, -0.25) is 14.4 Å². The summed E-state index contributed by atoms with van der Waals surface area (Å²) < 4.78 is 17.0. The molecule has 0 saturated carbocycles. The second-order valence-electron chi connectivity index (χ2n) is 25.9. The summed E-state index contributed by atoms with van der Waals surface area (Å²) in [5.74, 6) is -0.819. The Morgan fingerprint density at radius 1 is 0.198 bits per heavy atom. The lowest BCUT2D eigenvalue weighted by Crippen LogP contribution is -2.30. The third-order valence-corrected chi connectivity index (χ3v) is 17.6. The predicted octanol–water partition coefficient (Wildman–Crippen LogP) is 25.8. The van der Waals surface area contributed by atoms with Crippen LogP contribution < -0.4 is 0 Å². The molecule has 0 aliphatic heterocycles. The van der Waals surface area contributed by atoms with Crippen LogP contribution in [-0.4, -0.2) is 37.2 Å². The van der Waals surface area contributed by atoms with Crippen LogP contribution >= 0.6 is 0 Å². The van der Waals surface area contributed by atoms with Crippen LogP contribution in [0.3, 0.4) is 0 Å². The average molecular weight is 1140 g/mol. The van der Waals surface area contributed by atoms with Crippen LogP contribution in [0.1, 0.15) is 445 Å². The maximum Gasteiger partial charge on any atom is 0.306 e. The van der Waals surface area contributed by atoms with Gasteiger partial charge in [0.15, 0.2) is 6.10 Å². The molecule has 0 heterocycles. The summed E-state index contributed by atoms with van der Waals surface area (Å²) in [6.45, 7) is 6.74.